The van der Waals surface area contributed by atoms with Crippen LogP contribution >= 0.6 is 0 Å². The molecule has 1 atom stereocenters. The van der Waals surface area contributed by atoms with E-state index in [2.05, 4.69) is 32.9 Å². The van der Waals surface area contributed by atoms with E-state index >= 15 is 0 Å². The Morgan fingerprint density at radius 1 is 0.413 bits per heavy atom. The number of allylic oxidation sites excluding steroid dienone is 2. The molecule has 0 bridgehead atoms. The molecule has 6 heteroatoms. The number of carbonyl (C=O) groups is 3. The summed E-state index contributed by atoms with van der Waals surface area (Å²) in [6, 6.07) is 0. The number of rotatable bonds is 35. The molecule has 0 aliphatic heterocycles. The van der Waals surface area contributed by atoms with Crippen LogP contribution in [0.5, 0.6) is 0 Å². The second kappa shape index (κ2) is 36.0. The fourth-order valence-corrected chi connectivity index (χ4v) is 5.48. The van der Waals surface area contributed by atoms with Crippen LogP contribution in [0.25, 0.3) is 0 Å². The van der Waals surface area contributed by atoms with Gasteiger partial charge < -0.3 is 14.2 Å². The molecule has 0 saturated heterocycles. The fraction of sp³-hybridized carbons (Fsp3) is 0.875. The van der Waals surface area contributed by atoms with Crippen LogP contribution in [0.1, 0.15) is 207 Å². The number of ether oxygens (including phenoxy) is 3. The summed E-state index contributed by atoms with van der Waals surface area (Å²) in [6.07, 6.45) is 34.9. The quantitative estimate of drug-likeness (QED) is 0.0294. The second-order valence-corrected chi connectivity index (χ2v) is 13.2. The molecular weight excluding hydrogens is 576 g/mol. The maximum absolute atomic E-state index is 12.6. The topological polar surface area (TPSA) is 78.9 Å². The van der Waals surface area contributed by atoms with E-state index < -0.39 is 6.10 Å². The molecule has 0 N–H and O–H groups in total. The van der Waals surface area contributed by atoms with Crippen molar-refractivity contribution in [3.63, 3.8) is 0 Å². The summed E-state index contributed by atoms with van der Waals surface area (Å²) in [5.74, 6) is -0.889. The Labute approximate surface area is 284 Å². The van der Waals surface area contributed by atoms with Crippen molar-refractivity contribution < 1.29 is 28.6 Å². The fourth-order valence-electron chi connectivity index (χ4n) is 5.48. The molecule has 270 valence electrons. The van der Waals surface area contributed by atoms with Gasteiger partial charge in [0, 0.05) is 19.3 Å². The minimum Gasteiger partial charge on any atom is -0.462 e. The maximum atomic E-state index is 12.6. The van der Waals surface area contributed by atoms with Gasteiger partial charge in [0.2, 0.25) is 0 Å². The predicted octanol–water partition coefficient (Wildman–Crippen LogP) is 11.9. The van der Waals surface area contributed by atoms with Crippen molar-refractivity contribution >= 4 is 17.9 Å². The standard InChI is InChI=1S/C40H74O6/c1-4-7-10-13-16-18-20-22-24-27-30-33-39(42)45-36-37(35-44-38(41)32-29-26-23-15-12-9-6-3)46-40(43)34-31-28-25-21-19-17-14-11-8-5-2/h13,16,37H,4-12,14-15,17-36H2,1-3H3/b16-13-. The first kappa shape index (κ1) is 44.1. The van der Waals surface area contributed by atoms with E-state index in [0.29, 0.717) is 19.3 Å². The van der Waals surface area contributed by atoms with E-state index in [1.165, 1.54) is 103 Å². The van der Waals surface area contributed by atoms with Crippen molar-refractivity contribution in [3.05, 3.63) is 12.2 Å². The highest BCUT2D eigenvalue weighted by Crippen LogP contribution is 2.14. The minimum atomic E-state index is -0.761. The Morgan fingerprint density at radius 2 is 0.739 bits per heavy atom. The third-order valence-corrected chi connectivity index (χ3v) is 8.52. The van der Waals surface area contributed by atoms with E-state index in [-0.39, 0.29) is 31.1 Å². The van der Waals surface area contributed by atoms with Gasteiger partial charge in [0.25, 0.3) is 0 Å². The van der Waals surface area contributed by atoms with Crippen LogP contribution < -0.4 is 0 Å². The molecule has 0 aromatic heterocycles. The van der Waals surface area contributed by atoms with Crippen LogP contribution in [-0.4, -0.2) is 37.2 Å². The average molecular weight is 651 g/mol. The van der Waals surface area contributed by atoms with Gasteiger partial charge in [0.05, 0.1) is 0 Å². The zero-order valence-electron chi connectivity index (χ0n) is 30.6. The molecule has 0 aromatic carbocycles. The summed E-state index contributed by atoms with van der Waals surface area (Å²) < 4.78 is 16.5. The first-order chi connectivity index (χ1) is 22.5. The zero-order chi connectivity index (χ0) is 33.8. The number of hydrogen-bond donors (Lipinski definition) is 0. The first-order valence-corrected chi connectivity index (χ1v) is 19.7. The molecule has 0 radical (unpaired) electrons. The molecular formula is C40H74O6. The first-order valence-electron chi connectivity index (χ1n) is 19.7. The highest BCUT2D eigenvalue weighted by atomic mass is 16.6. The van der Waals surface area contributed by atoms with Crippen LogP contribution in [0.15, 0.2) is 12.2 Å². The van der Waals surface area contributed by atoms with Crippen molar-refractivity contribution in [1.82, 2.24) is 0 Å². The Kier molecular flexibility index (Phi) is 34.5. The highest BCUT2D eigenvalue weighted by Gasteiger charge is 2.19. The summed E-state index contributed by atoms with van der Waals surface area (Å²) in [5, 5.41) is 0. The summed E-state index contributed by atoms with van der Waals surface area (Å²) in [7, 11) is 0. The van der Waals surface area contributed by atoms with Gasteiger partial charge in [-0.1, -0.05) is 161 Å². The van der Waals surface area contributed by atoms with Crippen LogP contribution in [0.3, 0.4) is 0 Å². The van der Waals surface area contributed by atoms with Gasteiger partial charge in [0.15, 0.2) is 6.10 Å². The van der Waals surface area contributed by atoms with Crippen LogP contribution in [-0.2, 0) is 28.6 Å². The molecule has 0 aromatic rings. The summed E-state index contributed by atoms with van der Waals surface area (Å²) in [4.78, 5) is 37.3. The van der Waals surface area contributed by atoms with Crippen molar-refractivity contribution in [2.45, 2.75) is 213 Å². The molecule has 6 nitrogen and oxygen atoms in total. The van der Waals surface area contributed by atoms with E-state index in [1.54, 1.807) is 0 Å². The summed E-state index contributed by atoms with van der Waals surface area (Å²) >= 11 is 0. The van der Waals surface area contributed by atoms with Crippen molar-refractivity contribution in [2.75, 3.05) is 13.2 Å². The van der Waals surface area contributed by atoms with E-state index in [0.717, 1.165) is 64.2 Å². The molecule has 0 spiro atoms. The van der Waals surface area contributed by atoms with Crippen LogP contribution in [0, 0.1) is 0 Å². The lowest BCUT2D eigenvalue weighted by atomic mass is 10.1. The smallest absolute Gasteiger partial charge is 0.306 e. The van der Waals surface area contributed by atoms with E-state index in [1.807, 2.05) is 0 Å². The molecule has 0 aliphatic rings. The Hall–Kier alpha value is -1.85. The van der Waals surface area contributed by atoms with Crippen LogP contribution in [0.2, 0.25) is 0 Å². The molecule has 0 saturated carbocycles. The number of esters is 3. The molecule has 0 heterocycles. The van der Waals surface area contributed by atoms with Crippen LogP contribution in [0.4, 0.5) is 0 Å². The van der Waals surface area contributed by atoms with Gasteiger partial charge in [-0.25, -0.2) is 0 Å². The summed E-state index contributed by atoms with van der Waals surface area (Å²) in [6.45, 7) is 6.52. The average Bonchev–Trinajstić information content (AvgIpc) is 3.05. The van der Waals surface area contributed by atoms with Crippen molar-refractivity contribution in [3.8, 4) is 0 Å². The zero-order valence-corrected chi connectivity index (χ0v) is 30.6. The lowest BCUT2D eigenvalue weighted by Crippen LogP contribution is -2.30. The third kappa shape index (κ3) is 33.5. The van der Waals surface area contributed by atoms with Gasteiger partial charge in [-0.05, 0) is 38.5 Å². The van der Waals surface area contributed by atoms with E-state index in [9.17, 15) is 14.4 Å². The number of carbonyl (C=O) groups excluding carboxylic acids is 3. The monoisotopic (exact) mass is 651 g/mol. The highest BCUT2D eigenvalue weighted by molar-refractivity contribution is 5.71. The molecule has 0 rings (SSSR count). The van der Waals surface area contributed by atoms with Crippen molar-refractivity contribution in [1.29, 1.82) is 0 Å². The molecule has 0 amide bonds. The lowest BCUT2D eigenvalue weighted by molar-refractivity contribution is -0.167. The Morgan fingerprint density at radius 3 is 1.15 bits per heavy atom. The van der Waals surface area contributed by atoms with Gasteiger partial charge in [-0.15, -0.1) is 0 Å². The second-order valence-electron chi connectivity index (χ2n) is 13.2. The number of hydrogen-bond acceptors (Lipinski definition) is 6. The molecule has 46 heavy (non-hydrogen) atoms. The van der Waals surface area contributed by atoms with E-state index in [4.69, 9.17) is 14.2 Å². The SMILES string of the molecule is CCCC/C=C\CCCCCCCC(=O)OCC(COC(=O)CCCCCCCCC)OC(=O)CCCCCCCCCCCC. The molecule has 0 aliphatic carbocycles. The largest absolute Gasteiger partial charge is 0.462 e. The minimum absolute atomic E-state index is 0.0702. The predicted molar refractivity (Wildman–Crippen MR) is 192 cm³/mol. The van der Waals surface area contributed by atoms with Gasteiger partial charge in [-0.3, -0.25) is 14.4 Å². The van der Waals surface area contributed by atoms with Gasteiger partial charge in [0.1, 0.15) is 13.2 Å². The molecule has 0 fully saturated rings. The maximum Gasteiger partial charge on any atom is 0.306 e. The Balaban J connectivity index is 4.34. The third-order valence-electron chi connectivity index (χ3n) is 8.52. The Bertz CT molecular complexity index is 719. The van der Waals surface area contributed by atoms with Gasteiger partial charge in [-0.2, -0.15) is 0 Å². The number of unbranched alkanes of at least 4 members (excludes halogenated alkanes) is 22. The summed E-state index contributed by atoms with van der Waals surface area (Å²) in [5.41, 5.74) is 0. The normalized spacial score (nSPS) is 12.0. The van der Waals surface area contributed by atoms with Crippen molar-refractivity contribution in [2.24, 2.45) is 0 Å². The molecule has 1 unspecified atom stereocenters. The lowest BCUT2D eigenvalue weighted by Gasteiger charge is -2.18. The van der Waals surface area contributed by atoms with Gasteiger partial charge >= 0.3 is 17.9 Å².